The Morgan fingerprint density at radius 3 is 1.93 bits per heavy atom. The molecule has 1 aromatic heterocycles. The van der Waals surface area contributed by atoms with Gasteiger partial charge in [-0.2, -0.15) is 15.8 Å². The smallest absolute Gasteiger partial charge is 0.120 e. The van der Waals surface area contributed by atoms with E-state index in [9.17, 15) is 0 Å². The Morgan fingerprint density at radius 2 is 1.41 bits per heavy atom. The van der Waals surface area contributed by atoms with Crippen molar-refractivity contribution in [2.24, 2.45) is 7.05 Å². The average molecular weight is 375 g/mol. The molecule has 2 aromatic carbocycles. The molecule has 1 heterocycles. The zero-order valence-corrected chi connectivity index (χ0v) is 15.2. The molecular weight excluding hydrogens is 360 g/mol. The van der Waals surface area contributed by atoms with Gasteiger partial charge in [0, 0.05) is 24.0 Å². The molecule has 3 aromatic rings. The number of nitrogens with zero attached hydrogens (tertiary/aromatic N) is 4. The van der Waals surface area contributed by atoms with Crippen molar-refractivity contribution in [3.8, 4) is 29.5 Å². The molecule has 0 fully saturated rings. The van der Waals surface area contributed by atoms with Crippen molar-refractivity contribution in [1.29, 1.82) is 15.8 Å². The van der Waals surface area contributed by atoms with Gasteiger partial charge in [-0.05, 0) is 48.5 Å². The van der Waals surface area contributed by atoms with Crippen molar-refractivity contribution in [2.45, 2.75) is 0 Å². The third kappa shape index (κ3) is 4.38. The lowest BCUT2D eigenvalue weighted by Crippen LogP contribution is -1.97. The number of nitriles is 3. The summed E-state index contributed by atoms with van der Waals surface area (Å²) in [7, 11) is 1.80. The van der Waals surface area contributed by atoms with Crippen molar-refractivity contribution in [3.63, 3.8) is 0 Å². The fourth-order valence-corrected chi connectivity index (χ4v) is 2.56. The standard InChI is InChI=1S/C13H10N4.C7H5ClN2/c1-17-11(8-15)3-5-13(17)12-4-2-10(16)6-9(12)7-14;8-7-2-1-6(10)3-5(7)4-9/h2-6H,16H2,1H3;1-3H,10H2. The second-order valence-corrected chi connectivity index (χ2v) is 5.95. The van der Waals surface area contributed by atoms with Crippen LogP contribution < -0.4 is 11.5 Å². The van der Waals surface area contributed by atoms with Crippen LogP contribution in [0.2, 0.25) is 5.02 Å². The molecule has 0 saturated heterocycles. The van der Waals surface area contributed by atoms with Gasteiger partial charge < -0.3 is 16.0 Å². The van der Waals surface area contributed by atoms with E-state index in [1.54, 1.807) is 54.1 Å². The van der Waals surface area contributed by atoms with E-state index in [0.29, 0.717) is 33.2 Å². The molecule has 27 heavy (non-hydrogen) atoms. The van der Waals surface area contributed by atoms with Crippen LogP contribution in [0.3, 0.4) is 0 Å². The molecule has 6 nitrogen and oxygen atoms in total. The number of hydrogen-bond donors (Lipinski definition) is 2. The lowest BCUT2D eigenvalue weighted by molar-refractivity contribution is 0.917. The van der Waals surface area contributed by atoms with Gasteiger partial charge in [0.1, 0.15) is 17.8 Å². The van der Waals surface area contributed by atoms with Crippen LogP contribution in [0.4, 0.5) is 11.4 Å². The lowest BCUT2D eigenvalue weighted by Gasteiger charge is -2.07. The van der Waals surface area contributed by atoms with Crippen molar-refractivity contribution < 1.29 is 0 Å². The number of benzene rings is 2. The minimum atomic E-state index is 0.418. The minimum absolute atomic E-state index is 0.418. The van der Waals surface area contributed by atoms with Gasteiger partial charge in [-0.1, -0.05) is 11.6 Å². The second-order valence-electron chi connectivity index (χ2n) is 5.54. The number of halogens is 1. The zero-order chi connectivity index (χ0) is 20.0. The molecule has 0 bridgehead atoms. The van der Waals surface area contributed by atoms with Crippen molar-refractivity contribution in [1.82, 2.24) is 4.57 Å². The maximum atomic E-state index is 9.08. The molecule has 0 saturated carbocycles. The van der Waals surface area contributed by atoms with Crippen LogP contribution >= 0.6 is 11.6 Å². The van der Waals surface area contributed by atoms with Gasteiger partial charge in [-0.3, -0.25) is 0 Å². The fourth-order valence-electron chi connectivity index (χ4n) is 2.40. The Balaban J connectivity index is 0.000000223. The Bertz CT molecular complexity index is 1110. The SMILES string of the molecule is Cn1c(C#N)ccc1-c1ccc(N)cc1C#N.N#Cc1cc(N)ccc1Cl. The number of nitrogens with two attached hydrogens (primary N) is 2. The lowest BCUT2D eigenvalue weighted by atomic mass is 10.0. The van der Waals surface area contributed by atoms with Crippen LogP contribution in [-0.4, -0.2) is 4.57 Å². The summed E-state index contributed by atoms with van der Waals surface area (Å²) < 4.78 is 1.76. The first-order valence-corrected chi connectivity index (χ1v) is 8.10. The molecule has 7 heteroatoms. The van der Waals surface area contributed by atoms with E-state index in [4.69, 9.17) is 38.9 Å². The maximum Gasteiger partial charge on any atom is 0.120 e. The van der Waals surface area contributed by atoms with E-state index >= 15 is 0 Å². The first-order valence-electron chi connectivity index (χ1n) is 7.72. The molecule has 0 aliphatic heterocycles. The molecule has 0 spiro atoms. The molecule has 0 amide bonds. The quantitative estimate of drug-likeness (QED) is 0.625. The zero-order valence-electron chi connectivity index (χ0n) is 14.4. The summed E-state index contributed by atoms with van der Waals surface area (Å²) in [4.78, 5) is 0. The fraction of sp³-hybridized carbons (Fsp3) is 0.0500. The molecular formula is C20H15ClN6. The molecule has 0 aliphatic carbocycles. The van der Waals surface area contributed by atoms with E-state index < -0.39 is 0 Å². The first kappa shape index (κ1) is 19.4. The average Bonchev–Trinajstić information content (AvgIpc) is 3.04. The maximum absolute atomic E-state index is 9.08. The molecule has 0 aliphatic rings. The van der Waals surface area contributed by atoms with E-state index in [1.807, 2.05) is 12.1 Å². The Morgan fingerprint density at radius 1 is 0.815 bits per heavy atom. The summed E-state index contributed by atoms with van der Waals surface area (Å²) in [6.07, 6.45) is 0. The van der Waals surface area contributed by atoms with E-state index in [1.165, 1.54) is 0 Å². The summed E-state index contributed by atoms with van der Waals surface area (Å²) in [5.74, 6) is 0. The highest BCUT2D eigenvalue weighted by atomic mass is 35.5. The number of rotatable bonds is 1. The van der Waals surface area contributed by atoms with Crippen LogP contribution in [0.15, 0.2) is 48.5 Å². The summed E-state index contributed by atoms with van der Waals surface area (Å²) in [6, 6.07) is 19.7. The molecule has 3 rings (SSSR count). The van der Waals surface area contributed by atoms with Crippen LogP contribution in [0.25, 0.3) is 11.3 Å². The molecule has 4 N–H and O–H groups in total. The van der Waals surface area contributed by atoms with E-state index in [-0.39, 0.29) is 0 Å². The van der Waals surface area contributed by atoms with Gasteiger partial charge in [-0.25, -0.2) is 0 Å². The van der Waals surface area contributed by atoms with Crippen LogP contribution in [0, 0.1) is 34.0 Å². The van der Waals surface area contributed by atoms with E-state index in [2.05, 4.69) is 12.1 Å². The predicted molar refractivity (Wildman–Crippen MR) is 105 cm³/mol. The Kier molecular flexibility index (Phi) is 6.07. The largest absolute Gasteiger partial charge is 0.399 e. The van der Waals surface area contributed by atoms with Gasteiger partial charge in [0.15, 0.2) is 0 Å². The van der Waals surface area contributed by atoms with Crippen LogP contribution in [0.5, 0.6) is 0 Å². The van der Waals surface area contributed by atoms with Crippen molar-refractivity contribution in [2.75, 3.05) is 11.5 Å². The molecule has 0 radical (unpaired) electrons. The third-order valence-corrected chi connectivity index (χ3v) is 4.12. The van der Waals surface area contributed by atoms with Gasteiger partial charge >= 0.3 is 0 Å². The topological polar surface area (TPSA) is 128 Å². The summed E-state index contributed by atoms with van der Waals surface area (Å²) in [5.41, 5.74) is 15.2. The van der Waals surface area contributed by atoms with Gasteiger partial charge in [-0.15, -0.1) is 0 Å². The predicted octanol–water partition coefficient (Wildman–Crippen LogP) is 3.81. The minimum Gasteiger partial charge on any atom is -0.399 e. The Labute approximate surface area is 162 Å². The monoisotopic (exact) mass is 374 g/mol. The Hall–Kier alpha value is -3.92. The molecule has 0 unspecified atom stereocenters. The van der Waals surface area contributed by atoms with Gasteiger partial charge in [0.05, 0.1) is 27.9 Å². The second kappa shape index (κ2) is 8.45. The van der Waals surface area contributed by atoms with Gasteiger partial charge in [0.2, 0.25) is 0 Å². The van der Waals surface area contributed by atoms with E-state index in [0.717, 1.165) is 11.3 Å². The van der Waals surface area contributed by atoms with Gasteiger partial charge in [0.25, 0.3) is 0 Å². The first-order chi connectivity index (χ1) is 12.9. The highest BCUT2D eigenvalue weighted by molar-refractivity contribution is 6.31. The number of anilines is 2. The summed E-state index contributed by atoms with van der Waals surface area (Å²) in [5, 5.41) is 26.9. The normalized spacial score (nSPS) is 9.30. The van der Waals surface area contributed by atoms with Crippen molar-refractivity contribution >= 4 is 23.0 Å². The van der Waals surface area contributed by atoms with Crippen LogP contribution in [-0.2, 0) is 7.05 Å². The third-order valence-electron chi connectivity index (χ3n) is 3.79. The number of hydrogen-bond acceptors (Lipinski definition) is 5. The number of aromatic nitrogens is 1. The molecule has 0 atom stereocenters. The van der Waals surface area contributed by atoms with Crippen molar-refractivity contribution in [3.05, 3.63) is 70.4 Å². The number of nitrogen functional groups attached to an aromatic ring is 2. The summed E-state index contributed by atoms with van der Waals surface area (Å²) in [6.45, 7) is 0. The molecule has 132 valence electrons. The highest BCUT2D eigenvalue weighted by Crippen LogP contribution is 2.26. The highest BCUT2D eigenvalue weighted by Gasteiger charge is 2.10. The van der Waals surface area contributed by atoms with Crippen LogP contribution in [0.1, 0.15) is 16.8 Å². The summed E-state index contributed by atoms with van der Waals surface area (Å²) >= 11 is 5.62.